The van der Waals surface area contributed by atoms with Crippen LogP contribution in [-0.2, 0) is 11.8 Å². The Bertz CT molecular complexity index is 709. The van der Waals surface area contributed by atoms with Gasteiger partial charge in [-0.15, -0.1) is 11.3 Å². The number of thiazole rings is 1. The zero-order valence-corrected chi connectivity index (χ0v) is 16.2. The van der Waals surface area contributed by atoms with Crippen molar-refractivity contribution in [1.29, 1.82) is 0 Å². The summed E-state index contributed by atoms with van der Waals surface area (Å²) in [6.07, 6.45) is 3.30. The molecule has 1 fully saturated rings. The number of rotatable bonds is 5. The lowest BCUT2D eigenvalue weighted by molar-refractivity contribution is 0.0954. The molecular weight excluding hydrogens is 330 g/mol. The lowest BCUT2D eigenvalue weighted by atomic mass is 9.87. The standard InChI is InChI=1S/C20H27N3OS/c1-20(2,3)16-8-6-15(7-9-16)18(24)21-11-10-17-14-25-19(22-17)23-12-4-5-13-23/h6-9,14H,4-5,10-13H2,1-3H3,(H,21,24). The molecule has 1 aromatic carbocycles. The van der Waals surface area contributed by atoms with Gasteiger partial charge in [-0.3, -0.25) is 4.79 Å². The molecule has 1 saturated heterocycles. The second-order valence-corrected chi connectivity index (χ2v) is 8.49. The van der Waals surface area contributed by atoms with Crippen LogP contribution in [0.15, 0.2) is 29.6 Å². The van der Waals surface area contributed by atoms with Crippen molar-refractivity contribution in [1.82, 2.24) is 10.3 Å². The molecule has 0 aliphatic carbocycles. The van der Waals surface area contributed by atoms with E-state index in [9.17, 15) is 4.79 Å². The molecule has 0 saturated carbocycles. The van der Waals surface area contributed by atoms with Crippen LogP contribution in [0.25, 0.3) is 0 Å². The number of anilines is 1. The van der Waals surface area contributed by atoms with Gasteiger partial charge < -0.3 is 10.2 Å². The first kappa shape index (κ1) is 17.9. The fourth-order valence-electron chi connectivity index (χ4n) is 2.99. The summed E-state index contributed by atoms with van der Waals surface area (Å²) in [5.74, 6) is -0.0181. The summed E-state index contributed by atoms with van der Waals surface area (Å²) < 4.78 is 0. The summed E-state index contributed by atoms with van der Waals surface area (Å²) in [6.45, 7) is 9.37. The first-order valence-corrected chi connectivity index (χ1v) is 9.89. The van der Waals surface area contributed by atoms with Crippen molar-refractivity contribution in [3.8, 4) is 0 Å². The number of hydrogen-bond acceptors (Lipinski definition) is 4. The smallest absolute Gasteiger partial charge is 0.251 e. The Morgan fingerprint density at radius 3 is 2.52 bits per heavy atom. The SMILES string of the molecule is CC(C)(C)c1ccc(C(=O)NCCc2csc(N3CCCC3)n2)cc1. The molecule has 5 heteroatoms. The van der Waals surface area contributed by atoms with Crippen LogP contribution in [0.4, 0.5) is 5.13 Å². The van der Waals surface area contributed by atoms with E-state index in [1.807, 2.05) is 24.3 Å². The lowest BCUT2D eigenvalue weighted by Gasteiger charge is -2.19. The maximum absolute atomic E-state index is 12.3. The zero-order chi connectivity index (χ0) is 17.9. The van der Waals surface area contributed by atoms with Gasteiger partial charge in [0, 0.05) is 37.0 Å². The quantitative estimate of drug-likeness (QED) is 0.879. The number of carbonyl (C=O) groups is 1. The van der Waals surface area contributed by atoms with Gasteiger partial charge in [-0.25, -0.2) is 4.98 Å². The number of carbonyl (C=O) groups excluding carboxylic acids is 1. The summed E-state index contributed by atoms with van der Waals surface area (Å²) in [4.78, 5) is 19.3. The summed E-state index contributed by atoms with van der Waals surface area (Å²) in [5.41, 5.74) is 3.12. The van der Waals surface area contributed by atoms with Crippen molar-refractivity contribution < 1.29 is 4.79 Å². The predicted octanol–water partition coefficient (Wildman–Crippen LogP) is 4.01. The van der Waals surface area contributed by atoms with Crippen molar-refractivity contribution in [2.45, 2.75) is 45.4 Å². The van der Waals surface area contributed by atoms with Crippen molar-refractivity contribution in [3.63, 3.8) is 0 Å². The Kier molecular flexibility index (Phi) is 5.42. The molecule has 2 heterocycles. The normalized spacial score (nSPS) is 14.8. The van der Waals surface area contributed by atoms with Gasteiger partial charge >= 0.3 is 0 Å². The van der Waals surface area contributed by atoms with Gasteiger partial charge in [0.2, 0.25) is 0 Å². The van der Waals surface area contributed by atoms with Crippen molar-refractivity contribution in [3.05, 3.63) is 46.5 Å². The summed E-state index contributed by atoms with van der Waals surface area (Å²) in [5, 5.41) is 6.23. The van der Waals surface area contributed by atoms with Gasteiger partial charge in [0.25, 0.3) is 5.91 Å². The molecule has 1 aromatic heterocycles. The molecule has 1 aliphatic rings. The fourth-order valence-corrected chi connectivity index (χ4v) is 3.91. The second kappa shape index (κ2) is 7.56. The van der Waals surface area contributed by atoms with Crippen LogP contribution in [-0.4, -0.2) is 30.5 Å². The molecule has 0 atom stereocenters. The van der Waals surface area contributed by atoms with Crippen LogP contribution in [0.1, 0.15) is 55.2 Å². The third-order valence-electron chi connectivity index (χ3n) is 4.60. The van der Waals surface area contributed by atoms with Crippen LogP contribution >= 0.6 is 11.3 Å². The van der Waals surface area contributed by atoms with Gasteiger partial charge in [-0.2, -0.15) is 0 Å². The molecule has 1 amide bonds. The Balaban J connectivity index is 1.49. The fraction of sp³-hybridized carbons (Fsp3) is 0.500. The number of amides is 1. The molecule has 4 nitrogen and oxygen atoms in total. The minimum Gasteiger partial charge on any atom is -0.352 e. The minimum absolute atomic E-state index is 0.0181. The summed E-state index contributed by atoms with van der Waals surface area (Å²) in [7, 11) is 0. The third-order valence-corrected chi connectivity index (χ3v) is 5.55. The average Bonchev–Trinajstić information content (AvgIpc) is 3.25. The van der Waals surface area contributed by atoms with E-state index in [1.165, 1.54) is 18.4 Å². The van der Waals surface area contributed by atoms with Crippen molar-refractivity contribution >= 4 is 22.4 Å². The monoisotopic (exact) mass is 357 g/mol. The molecule has 1 aliphatic heterocycles. The number of nitrogens with one attached hydrogen (secondary N) is 1. The molecule has 1 N–H and O–H groups in total. The van der Waals surface area contributed by atoms with Crippen LogP contribution in [0.3, 0.4) is 0 Å². The maximum Gasteiger partial charge on any atom is 0.251 e. The van der Waals surface area contributed by atoms with Crippen LogP contribution in [0, 0.1) is 0 Å². The highest BCUT2D eigenvalue weighted by molar-refractivity contribution is 7.13. The Morgan fingerprint density at radius 2 is 1.88 bits per heavy atom. The van der Waals surface area contributed by atoms with E-state index < -0.39 is 0 Å². The summed E-state index contributed by atoms with van der Waals surface area (Å²) >= 11 is 1.71. The predicted molar refractivity (Wildman–Crippen MR) is 105 cm³/mol. The van der Waals surface area contributed by atoms with Gasteiger partial charge in [0.05, 0.1) is 5.69 Å². The molecule has 2 aromatic rings. The van der Waals surface area contributed by atoms with Crippen LogP contribution < -0.4 is 10.2 Å². The van der Waals surface area contributed by atoms with Gasteiger partial charge in [0.15, 0.2) is 5.13 Å². The first-order chi connectivity index (χ1) is 11.9. The molecular formula is C20H27N3OS. The Labute approximate surface area is 154 Å². The van der Waals surface area contributed by atoms with Crippen LogP contribution in [0.5, 0.6) is 0 Å². The summed E-state index contributed by atoms with van der Waals surface area (Å²) in [6, 6.07) is 7.89. The third kappa shape index (κ3) is 4.60. The second-order valence-electron chi connectivity index (χ2n) is 7.65. The van der Waals surface area contributed by atoms with E-state index in [0.717, 1.165) is 30.3 Å². The van der Waals surface area contributed by atoms with E-state index in [2.05, 4.69) is 36.4 Å². The molecule has 0 radical (unpaired) electrons. The zero-order valence-electron chi connectivity index (χ0n) is 15.3. The van der Waals surface area contributed by atoms with E-state index in [0.29, 0.717) is 12.1 Å². The minimum atomic E-state index is -0.0181. The number of hydrogen-bond donors (Lipinski definition) is 1. The topological polar surface area (TPSA) is 45.2 Å². The Hall–Kier alpha value is -1.88. The Morgan fingerprint density at radius 1 is 1.20 bits per heavy atom. The number of benzene rings is 1. The highest BCUT2D eigenvalue weighted by Crippen LogP contribution is 2.24. The number of aromatic nitrogens is 1. The van der Waals surface area contributed by atoms with E-state index in [1.54, 1.807) is 11.3 Å². The molecule has 0 bridgehead atoms. The molecule has 25 heavy (non-hydrogen) atoms. The maximum atomic E-state index is 12.3. The van der Waals surface area contributed by atoms with Crippen LogP contribution in [0.2, 0.25) is 0 Å². The highest BCUT2D eigenvalue weighted by Gasteiger charge is 2.16. The van der Waals surface area contributed by atoms with Gasteiger partial charge in [0.1, 0.15) is 0 Å². The molecule has 0 spiro atoms. The van der Waals surface area contributed by atoms with Crippen molar-refractivity contribution in [2.24, 2.45) is 0 Å². The average molecular weight is 358 g/mol. The number of nitrogens with zero attached hydrogens (tertiary/aromatic N) is 2. The molecule has 3 rings (SSSR count). The van der Waals surface area contributed by atoms with Gasteiger partial charge in [-0.1, -0.05) is 32.9 Å². The largest absolute Gasteiger partial charge is 0.352 e. The first-order valence-electron chi connectivity index (χ1n) is 9.01. The lowest BCUT2D eigenvalue weighted by Crippen LogP contribution is -2.26. The van der Waals surface area contributed by atoms with E-state index in [4.69, 9.17) is 4.98 Å². The molecule has 134 valence electrons. The molecule has 0 unspecified atom stereocenters. The highest BCUT2D eigenvalue weighted by atomic mass is 32.1. The van der Waals surface area contributed by atoms with Crippen molar-refractivity contribution in [2.75, 3.05) is 24.5 Å². The van der Waals surface area contributed by atoms with Gasteiger partial charge in [-0.05, 0) is 36.0 Å². The van der Waals surface area contributed by atoms with E-state index >= 15 is 0 Å². The van der Waals surface area contributed by atoms with E-state index in [-0.39, 0.29) is 11.3 Å².